The van der Waals surface area contributed by atoms with E-state index in [1.807, 2.05) is 6.92 Å². The third-order valence-electron chi connectivity index (χ3n) is 2.29. The van der Waals surface area contributed by atoms with Gasteiger partial charge >= 0.3 is 0 Å². The Bertz CT molecular complexity index is 431. The number of carbonyl (C=O) groups excluding carboxylic acids is 2. The highest BCUT2D eigenvalue weighted by molar-refractivity contribution is 5.93. The van der Waals surface area contributed by atoms with Crippen LogP contribution in [0.15, 0.2) is 24.3 Å². The van der Waals surface area contributed by atoms with E-state index < -0.39 is 12.0 Å². The first kappa shape index (κ1) is 15.0. The van der Waals surface area contributed by atoms with E-state index in [2.05, 4.69) is 5.32 Å². The molecule has 0 aliphatic rings. The molecule has 6 nitrogen and oxygen atoms in total. The summed E-state index contributed by atoms with van der Waals surface area (Å²) >= 11 is 0. The topological polar surface area (TPSA) is 90.7 Å². The molecule has 3 N–H and O–H groups in total. The summed E-state index contributed by atoms with van der Waals surface area (Å²) in [7, 11) is 0. The van der Waals surface area contributed by atoms with Gasteiger partial charge in [0, 0.05) is 12.3 Å². The lowest BCUT2D eigenvalue weighted by atomic mass is 10.3. The van der Waals surface area contributed by atoms with Gasteiger partial charge in [0.05, 0.1) is 0 Å². The van der Waals surface area contributed by atoms with E-state index in [9.17, 15) is 9.59 Å². The van der Waals surface area contributed by atoms with Gasteiger partial charge in [0.2, 0.25) is 0 Å². The number of primary amides is 1. The average Bonchev–Trinajstić information content (AvgIpc) is 2.38. The molecule has 0 bridgehead atoms. The fraction of sp³-hybridized carbons (Fsp3) is 0.385. The van der Waals surface area contributed by atoms with Gasteiger partial charge in [-0.3, -0.25) is 9.59 Å². The summed E-state index contributed by atoms with van der Waals surface area (Å²) in [4.78, 5) is 22.2. The Balaban J connectivity index is 2.52. The number of amides is 2. The van der Waals surface area contributed by atoms with Crippen molar-refractivity contribution in [3.05, 3.63) is 24.3 Å². The molecule has 0 saturated carbocycles. The summed E-state index contributed by atoms with van der Waals surface area (Å²) in [5.41, 5.74) is 5.59. The highest BCUT2D eigenvalue weighted by atomic mass is 16.5. The number of ether oxygens (including phenoxy) is 2. The first-order valence-electron chi connectivity index (χ1n) is 5.96. The number of hydrogen-bond donors (Lipinski definition) is 2. The molecule has 0 aromatic heterocycles. The summed E-state index contributed by atoms with van der Waals surface area (Å²) in [6.07, 6.45) is -0.504. The smallest absolute Gasteiger partial charge is 0.255 e. The quantitative estimate of drug-likeness (QED) is 0.767. The molecule has 0 radical (unpaired) electrons. The molecule has 6 heteroatoms. The second-order valence-electron chi connectivity index (χ2n) is 3.87. The van der Waals surface area contributed by atoms with Gasteiger partial charge < -0.3 is 20.5 Å². The van der Waals surface area contributed by atoms with E-state index in [1.54, 1.807) is 31.2 Å². The van der Waals surface area contributed by atoms with Crippen LogP contribution >= 0.6 is 0 Å². The Labute approximate surface area is 111 Å². The van der Waals surface area contributed by atoms with Crippen LogP contribution in [0.2, 0.25) is 0 Å². The number of benzene rings is 1. The molecule has 104 valence electrons. The number of rotatable bonds is 7. The molecular weight excluding hydrogens is 248 g/mol. The third kappa shape index (κ3) is 5.39. The van der Waals surface area contributed by atoms with Crippen molar-refractivity contribution in [2.75, 3.05) is 18.5 Å². The van der Waals surface area contributed by atoms with Gasteiger partial charge in [0.25, 0.3) is 11.8 Å². The van der Waals surface area contributed by atoms with E-state index in [1.165, 1.54) is 0 Å². The molecule has 0 heterocycles. The highest BCUT2D eigenvalue weighted by Crippen LogP contribution is 2.15. The molecule has 19 heavy (non-hydrogen) atoms. The van der Waals surface area contributed by atoms with Crippen LogP contribution in [0.4, 0.5) is 5.69 Å². The molecule has 0 fully saturated rings. The van der Waals surface area contributed by atoms with Crippen molar-refractivity contribution < 1.29 is 19.1 Å². The van der Waals surface area contributed by atoms with Gasteiger partial charge in [0.1, 0.15) is 11.9 Å². The van der Waals surface area contributed by atoms with Crippen LogP contribution in [0.1, 0.15) is 13.8 Å². The zero-order chi connectivity index (χ0) is 14.3. The molecule has 0 spiro atoms. The normalized spacial score (nSPS) is 11.7. The predicted molar refractivity (Wildman–Crippen MR) is 70.8 cm³/mol. The average molecular weight is 266 g/mol. The predicted octanol–water partition coefficient (Wildman–Crippen LogP) is 0.914. The number of nitrogens with one attached hydrogen (secondary N) is 1. The van der Waals surface area contributed by atoms with Crippen LogP contribution in [0, 0.1) is 0 Å². The van der Waals surface area contributed by atoms with E-state index in [4.69, 9.17) is 15.2 Å². The van der Waals surface area contributed by atoms with Crippen LogP contribution in [-0.4, -0.2) is 31.1 Å². The van der Waals surface area contributed by atoms with Crippen molar-refractivity contribution in [1.82, 2.24) is 0 Å². The molecule has 1 atom stereocenters. The van der Waals surface area contributed by atoms with Crippen LogP contribution in [0.25, 0.3) is 0 Å². The van der Waals surface area contributed by atoms with Crippen molar-refractivity contribution in [1.29, 1.82) is 0 Å². The maximum absolute atomic E-state index is 11.7. The minimum Gasteiger partial charge on any atom is -0.484 e. The summed E-state index contributed by atoms with van der Waals surface area (Å²) in [5, 5.41) is 2.71. The summed E-state index contributed by atoms with van der Waals surface area (Å²) < 4.78 is 10.3. The first-order chi connectivity index (χ1) is 9.02. The fourth-order valence-electron chi connectivity index (χ4n) is 1.36. The Kier molecular flexibility index (Phi) is 5.81. The van der Waals surface area contributed by atoms with Crippen molar-refractivity contribution in [3.63, 3.8) is 0 Å². The van der Waals surface area contributed by atoms with Crippen molar-refractivity contribution in [2.45, 2.75) is 20.0 Å². The van der Waals surface area contributed by atoms with Gasteiger partial charge in [-0.15, -0.1) is 0 Å². The molecule has 1 rings (SSSR count). The lowest BCUT2D eigenvalue weighted by molar-refractivity contribution is -0.126. The largest absolute Gasteiger partial charge is 0.484 e. The SMILES string of the molecule is CCOC(C)C(=O)Nc1ccc(OCC(N)=O)cc1. The number of nitrogens with two attached hydrogens (primary N) is 1. The lowest BCUT2D eigenvalue weighted by Gasteiger charge is -2.12. The van der Waals surface area contributed by atoms with Crippen LogP contribution in [-0.2, 0) is 14.3 Å². The van der Waals surface area contributed by atoms with E-state index >= 15 is 0 Å². The van der Waals surface area contributed by atoms with Crippen LogP contribution < -0.4 is 15.8 Å². The lowest BCUT2D eigenvalue weighted by Crippen LogP contribution is -2.27. The fourth-order valence-corrected chi connectivity index (χ4v) is 1.36. The Morgan fingerprint density at radius 3 is 2.47 bits per heavy atom. The first-order valence-corrected chi connectivity index (χ1v) is 5.96. The highest BCUT2D eigenvalue weighted by Gasteiger charge is 2.12. The maximum atomic E-state index is 11.7. The van der Waals surface area contributed by atoms with Crippen molar-refractivity contribution in [3.8, 4) is 5.75 Å². The second-order valence-corrected chi connectivity index (χ2v) is 3.87. The Hall–Kier alpha value is -2.08. The van der Waals surface area contributed by atoms with Crippen LogP contribution in [0.3, 0.4) is 0 Å². The van der Waals surface area contributed by atoms with Gasteiger partial charge in [-0.1, -0.05) is 0 Å². The summed E-state index contributed by atoms with van der Waals surface area (Å²) in [5.74, 6) is -0.245. The molecule has 1 unspecified atom stereocenters. The molecule has 1 aromatic carbocycles. The molecule has 2 amide bonds. The standard InChI is InChI=1S/C13H18N2O4/c1-3-18-9(2)13(17)15-10-4-6-11(7-5-10)19-8-12(14)16/h4-7,9H,3,8H2,1-2H3,(H2,14,16)(H,15,17). The minimum atomic E-state index is -0.539. The number of hydrogen-bond acceptors (Lipinski definition) is 4. The minimum absolute atomic E-state index is 0.174. The van der Waals surface area contributed by atoms with Gasteiger partial charge in [-0.2, -0.15) is 0 Å². The van der Waals surface area contributed by atoms with Crippen molar-refractivity contribution in [2.24, 2.45) is 5.73 Å². The Morgan fingerprint density at radius 2 is 1.95 bits per heavy atom. The maximum Gasteiger partial charge on any atom is 0.255 e. The molecular formula is C13H18N2O4. The molecule has 0 saturated heterocycles. The summed E-state index contributed by atoms with van der Waals surface area (Å²) in [6, 6.07) is 6.63. The number of carbonyl (C=O) groups is 2. The van der Waals surface area contributed by atoms with Crippen molar-refractivity contribution >= 4 is 17.5 Å². The van der Waals surface area contributed by atoms with Crippen LogP contribution in [0.5, 0.6) is 5.75 Å². The van der Waals surface area contributed by atoms with Gasteiger partial charge in [-0.25, -0.2) is 0 Å². The molecule has 0 aliphatic carbocycles. The number of anilines is 1. The van der Waals surface area contributed by atoms with E-state index in [0.717, 1.165) is 0 Å². The molecule has 0 aliphatic heterocycles. The van der Waals surface area contributed by atoms with Gasteiger partial charge in [0.15, 0.2) is 6.61 Å². The van der Waals surface area contributed by atoms with E-state index in [-0.39, 0.29) is 12.5 Å². The zero-order valence-corrected chi connectivity index (χ0v) is 11.0. The Morgan fingerprint density at radius 1 is 1.32 bits per heavy atom. The summed E-state index contributed by atoms with van der Waals surface area (Å²) in [6.45, 7) is 3.82. The molecule has 1 aromatic rings. The third-order valence-corrected chi connectivity index (χ3v) is 2.29. The second kappa shape index (κ2) is 7.38. The van der Waals surface area contributed by atoms with Gasteiger partial charge in [-0.05, 0) is 38.1 Å². The monoisotopic (exact) mass is 266 g/mol. The zero-order valence-electron chi connectivity index (χ0n) is 11.0. The van der Waals surface area contributed by atoms with E-state index in [0.29, 0.717) is 18.0 Å².